The second kappa shape index (κ2) is 10.9. The van der Waals surface area contributed by atoms with Gasteiger partial charge in [-0.3, -0.25) is 14.0 Å². The quantitative estimate of drug-likeness (QED) is 0.321. The SMILES string of the molecule is O=C(O)C1CCOc2cc(Oc3ccc(C(=O)N(Cl)CCc4ccc(C(F)(F)F)cc4)cc3)c(Cl)cc21. The summed E-state index contributed by atoms with van der Waals surface area (Å²) in [6.45, 7) is 0.349. The number of fused-ring (bicyclic) bond motifs is 1. The fourth-order valence-corrected chi connectivity index (χ4v) is 4.24. The van der Waals surface area contributed by atoms with E-state index < -0.39 is 29.5 Å². The summed E-state index contributed by atoms with van der Waals surface area (Å²) in [5, 5.41) is 9.62. The maximum atomic E-state index is 12.7. The van der Waals surface area contributed by atoms with E-state index in [-0.39, 0.29) is 35.9 Å². The lowest BCUT2D eigenvalue weighted by molar-refractivity contribution is -0.139. The lowest BCUT2D eigenvalue weighted by Gasteiger charge is -2.24. The van der Waals surface area contributed by atoms with E-state index in [1.165, 1.54) is 36.4 Å². The molecule has 0 spiro atoms. The number of carboxylic acids is 1. The first kappa shape index (κ1) is 26.6. The number of halogens is 5. The number of alkyl halides is 3. The normalized spacial score (nSPS) is 14.9. The van der Waals surface area contributed by atoms with E-state index in [9.17, 15) is 27.9 Å². The fourth-order valence-electron chi connectivity index (χ4n) is 3.85. The number of rotatable bonds is 7. The van der Waals surface area contributed by atoms with Gasteiger partial charge in [-0.1, -0.05) is 23.7 Å². The van der Waals surface area contributed by atoms with Crippen LogP contribution >= 0.6 is 23.4 Å². The highest BCUT2D eigenvalue weighted by atomic mass is 35.5. The monoisotopic (exact) mass is 553 g/mol. The molecule has 1 aliphatic rings. The highest BCUT2D eigenvalue weighted by molar-refractivity contribution is 6.32. The zero-order chi connectivity index (χ0) is 26.7. The van der Waals surface area contributed by atoms with E-state index in [0.29, 0.717) is 29.0 Å². The first-order valence-electron chi connectivity index (χ1n) is 11.1. The summed E-state index contributed by atoms with van der Waals surface area (Å²) in [5.74, 6) is -1.13. The van der Waals surface area contributed by atoms with E-state index in [1.54, 1.807) is 12.1 Å². The number of aliphatic carboxylic acids is 1. The summed E-state index contributed by atoms with van der Waals surface area (Å²) < 4.78 is 50.4. The highest BCUT2D eigenvalue weighted by Gasteiger charge is 2.30. The molecule has 0 aliphatic carbocycles. The summed E-state index contributed by atoms with van der Waals surface area (Å²) in [4.78, 5) is 24.1. The van der Waals surface area contributed by atoms with Crippen molar-refractivity contribution in [3.8, 4) is 17.2 Å². The van der Waals surface area contributed by atoms with Crippen LogP contribution in [0.4, 0.5) is 13.2 Å². The van der Waals surface area contributed by atoms with Crippen molar-refractivity contribution in [1.82, 2.24) is 4.42 Å². The minimum absolute atomic E-state index is 0.0894. The second-order valence-corrected chi connectivity index (χ2v) is 9.13. The lowest BCUT2D eigenvalue weighted by Crippen LogP contribution is -2.23. The maximum Gasteiger partial charge on any atom is 0.416 e. The van der Waals surface area contributed by atoms with Crippen molar-refractivity contribution in [3.63, 3.8) is 0 Å². The maximum absolute atomic E-state index is 12.7. The Bertz CT molecular complexity index is 1300. The third kappa shape index (κ3) is 6.29. The third-order valence-electron chi connectivity index (χ3n) is 5.83. The van der Waals surface area contributed by atoms with Crippen molar-refractivity contribution in [2.24, 2.45) is 0 Å². The van der Waals surface area contributed by atoms with Crippen LogP contribution < -0.4 is 9.47 Å². The smallest absolute Gasteiger partial charge is 0.416 e. The van der Waals surface area contributed by atoms with Crippen LogP contribution in [0.25, 0.3) is 0 Å². The molecule has 6 nitrogen and oxygen atoms in total. The zero-order valence-corrected chi connectivity index (χ0v) is 20.6. The Balaban J connectivity index is 1.38. The molecule has 3 aromatic carbocycles. The van der Waals surface area contributed by atoms with Gasteiger partial charge in [-0.05, 0) is 60.9 Å². The van der Waals surface area contributed by atoms with E-state index >= 15 is 0 Å². The molecule has 1 N–H and O–H groups in total. The molecule has 37 heavy (non-hydrogen) atoms. The van der Waals surface area contributed by atoms with Crippen molar-refractivity contribution in [3.05, 3.63) is 87.9 Å². The molecule has 4 rings (SSSR count). The Kier molecular flexibility index (Phi) is 7.85. The first-order valence-corrected chi connectivity index (χ1v) is 11.9. The number of nitrogens with zero attached hydrogens (tertiary/aromatic N) is 1. The van der Waals surface area contributed by atoms with Gasteiger partial charge < -0.3 is 14.6 Å². The van der Waals surface area contributed by atoms with Gasteiger partial charge in [0.25, 0.3) is 5.91 Å². The number of carboxylic acid groups (broad SMARTS) is 1. The minimum atomic E-state index is -4.41. The van der Waals surface area contributed by atoms with Crippen molar-refractivity contribution >= 4 is 35.3 Å². The topological polar surface area (TPSA) is 76.1 Å². The number of amides is 1. The summed E-state index contributed by atoms with van der Waals surface area (Å²) in [5.41, 5.74) is 0.622. The number of benzene rings is 3. The van der Waals surface area contributed by atoms with Crippen LogP contribution in [0.3, 0.4) is 0 Å². The standard InChI is InChI=1S/C26H20Cl2F3NO5/c27-21-13-20-19(25(34)35)10-12-36-22(20)14-23(21)37-18-7-3-16(4-8-18)24(33)32(28)11-9-15-1-5-17(6-2-15)26(29,30)31/h1-8,13-14,19H,9-12H2,(H,34,35). The summed E-state index contributed by atoms with van der Waals surface area (Å²) in [6, 6.07) is 13.8. The Morgan fingerprint density at radius 2 is 1.76 bits per heavy atom. The average molecular weight is 554 g/mol. The predicted molar refractivity (Wildman–Crippen MR) is 130 cm³/mol. The van der Waals surface area contributed by atoms with Gasteiger partial charge in [0.05, 0.1) is 23.1 Å². The number of ether oxygens (including phenoxy) is 2. The van der Waals surface area contributed by atoms with Gasteiger partial charge in [-0.2, -0.15) is 13.2 Å². The van der Waals surface area contributed by atoms with Crippen molar-refractivity contribution in [1.29, 1.82) is 0 Å². The van der Waals surface area contributed by atoms with Crippen LogP contribution in [0, 0.1) is 0 Å². The van der Waals surface area contributed by atoms with Crippen LogP contribution in [-0.2, 0) is 17.4 Å². The van der Waals surface area contributed by atoms with Gasteiger partial charge in [0.1, 0.15) is 17.2 Å². The molecule has 0 radical (unpaired) electrons. The van der Waals surface area contributed by atoms with E-state index in [1.807, 2.05) is 0 Å². The Morgan fingerprint density at radius 1 is 1.08 bits per heavy atom. The largest absolute Gasteiger partial charge is 0.493 e. The van der Waals surface area contributed by atoms with Crippen LogP contribution in [0.5, 0.6) is 17.2 Å². The van der Waals surface area contributed by atoms with E-state index in [0.717, 1.165) is 16.6 Å². The minimum Gasteiger partial charge on any atom is -0.493 e. The van der Waals surface area contributed by atoms with Gasteiger partial charge in [0, 0.05) is 35.5 Å². The molecule has 0 fully saturated rings. The molecular weight excluding hydrogens is 534 g/mol. The van der Waals surface area contributed by atoms with Gasteiger partial charge in [-0.25, -0.2) is 0 Å². The fraction of sp³-hybridized carbons (Fsp3) is 0.231. The lowest BCUT2D eigenvalue weighted by atomic mass is 9.93. The van der Waals surface area contributed by atoms with Crippen LogP contribution in [0.15, 0.2) is 60.7 Å². The molecule has 0 saturated heterocycles. The van der Waals surface area contributed by atoms with Crippen molar-refractivity contribution in [2.75, 3.05) is 13.2 Å². The molecule has 0 bridgehead atoms. The molecule has 1 aliphatic heterocycles. The van der Waals surface area contributed by atoms with Gasteiger partial charge in [0.15, 0.2) is 0 Å². The number of carbonyl (C=O) groups excluding carboxylic acids is 1. The van der Waals surface area contributed by atoms with Crippen LogP contribution in [0.2, 0.25) is 5.02 Å². The second-order valence-electron chi connectivity index (χ2n) is 8.31. The molecule has 1 atom stereocenters. The molecule has 1 unspecified atom stereocenters. The predicted octanol–water partition coefficient (Wildman–Crippen LogP) is 6.94. The molecule has 0 saturated carbocycles. The molecular formula is C26H20Cl2F3NO5. The summed E-state index contributed by atoms with van der Waals surface area (Å²) in [7, 11) is 0. The van der Waals surface area contributed by atoms with E-state index in [4.69, 9.17) is 32.9 Å². The van der Waals surface area contributed by atoms with E-state index in [2.05, 4.69) is 0 Å². The average Bonchev–Trinajstić information content (AvgIpc) is 2.87. The highest BCUT2D eigenvalue weighted by Crippen LogP contribution is 2.42. The van der Waals surface area contributed by atoms with Gasteiger partial charge in [-0.15, -0.1) is 0 Å². The first-order chi connectivity index (χ1) is 17.5. The van der Waals surface area contributed by atoms with Crippen molar-refractivity contribution < 1.29 is 37.3 Å². The molecule has 11 heteroatoms. The third-order valence-corrected chi connectivity index (χ3v) is 6.45. The molecule has 0 aromatic heterocycles. The van der Waals surface area contributed by atoms with Crippen molar-refractivity contribution in [2.45, 2.75) is 24.9 Å². The Hall–Kier alpha value is -3.43. The number of carbonyl (C=O) groups is 2. The van der Waals surface area contributed by atoms with Crippen LogP contribution in [0.1, 0.15) is 39.4 Å². The number of hydrogen-bond acceptors (Lipinski definition) is 4. The van der Waals surface area contributed by atoms with Crippen LogP contribution in [-0.4, -0.2) is 34.6 Å². The molecule has 1 amide bonds. The zero-order valence-electron chi connectivity index (χ0n) is 19.1. The molecule has 194 valence electrons. The van der Waals surface area contributed by atoms with Gasteiger partial charge >= 0.3 is 12.1 Å². The summed E-state index contributed by atoms with van der Waals surface area (Å²) in [6.07, 6.45) is -3.79. The molecule has 1 heterocycles. The number of hydrogen-bond donors (Lipinski definition) is 1. The Labute approximate surface area is 220 Å². The Morgan fingerprint density at radius 3 is 2.38 bits per heavy atom. The van der Waals surface area contributed by atoms with Gasteiger partial charge in [0.2, 0.25) is 0 Å². The molecule has 3 aromatic rings. The summed E-state index contributed by atoms with van der Waals surface area (Å²) >= 11 is 12.4.